The predicted octanol–water partition coefficient (Wildman–Crippen LogP) is 3.69. The molecule has 88 valence electrons. The highest BCUT2D eigenvalue weighted by Crippen LogP contribution is 2.28. The second-order valence-electron chi connectivity index (χ2n) is 4.57. The molecule has 0 unspecified atom stereocenters. The third-order valence-corrected chi connectivity index (χ3v) is 3.45. The van der Waals surface area contributed by atoms with Crippen molar-refractivity contribution in [3.8, 4) is 5.75 Å². The van der Waals surface area contributed by atoms with Gasteiger partial charge in [-0.05, 0) is 24.5 Å². The molecule has 1 saturated carbocycles. The maximum atomic E-state index is 5.31. The molecule has 16 heavy (non-hydrogen) atoms. The van der Waals surface area contributed by atoms with Crippen molar-refractivity contribution in [2.45, 2.75) is 32.1 Å². The molecule has 0 atom stereocenters. The first-order chi connectivity index (χ1) is 7.90. The van der Waals surface area contributed by atoms with Crippen molar-refractivity contribution in [3.63, 3.8) is 0 Å². The Hall–Kier alpha value is -1.18. The smallest absolute Gasteiger partial charge is 0.141 e. The van der Waals surface area contributed by atoms with Gasteiger partial charge in [-0.1, -0.05) is 37.8 Å². The van der Waals surface area contributed by atoms with Crippen LogP contribution in [0.4, 0.5) is 5.69 Å². The topological polar surface area (TPSA) is 21.3 Å². The first kappa shape index (κ1) is 11.3. The Morgan fingerprint density at radius 1 is 1.25 bits per heavy atom. The van der Waals surface area contributed by atoms with Crippen LogP contribution >= 0.6 is 0 Å². The summed E-state index contributed by atoms with van der Waals surface area (Å²) >= 11 is 0. The third-order valence-electron chi connectivity index (χ3n) is 3.45. The van der Waals surface area contributed by atoms with Crippen molar-refractivity contribution in [2.24, 2.45) is 5.92 Å². The van der Waals surface area contributed by atoms with Gasteiger partial charge in [0.05, 0.1) is 12.8 Å². The number of nitrogens with one attached hydrogen (secondary N) is 1. The Morgan fingerprint density at radius 3 is 2.75 bits per heavy atom. The Labute approximate surface area is 98.0 Å². The van der Waals surface area contributed by atoms with E-state index in [9.17, 15) is 0 Å². The molecule has 1 aliphatic carbocycles. The molecular formula is C14H21NO. The van der Waals surface area contributed by atoms with Crippen LogP contribution in [0.25, 0.3) is 0 Å². The van der Waals surface area contributed by atoms with Crippen LogP contribution in [0, 0.1) is 5.92 Å². The van der Waals surface area contributed by atoms with Gasteiger partial charge in [0.1, 0.15) is 5.75 Å². The van der Waals surface area contributed by atoms with Gasteiger partial charge in [0.15, 0.2) is 0 Å². The van der Waals surface area contributed by atoms with E-state index in [1.165, 1.54) is 32.1 Å². The molecular weight excluding hydrogens is 198 g/mol. The predicted molar refractivity (Wildman–Crippen MR) is 68.1 cm³/mol. The molecule has 0 bridgehead atoms. The number of methoxy groups -OCH3 is 1. The van der Waals surface area contributed by atoms with Crippen molar-refractivity contribution in [1.29, 1.82) is 0 Å². The maximum Gasteiger partial charge on any atom is 0.141 e. The number of anilines is 1. The van der Waals surface area contributed by atoms with E-state index in [1.54, 1.807) is 7.11 Å². The lowest BCUT2D eigenvalue weighted by molar-refractivity contribution is 0.416. The van der Waals surface area contributed by atoms with E-state index in [1.807, 2.05) is 18.2 Å². The van der Waals surface area contributed by atoms with E-state index in [0.29, 0.717) is 0 Å². The first-order valence-corrected chi connectivity index (χ1v) is 6.27. The summed E-state index contributed by atoms with van der Waals surface area (Å²) in [7, 11) is 1.72. The van der Waals surface area contributed by atoms with E-state index < -0.39 is 0 Å². The molecule has 1 aromatic rings. The largest absolute Gasteiger partial charge is 0.495 e. The van der Waals surface area contributed by atoms with E-state index >= 15 is 0 Å². The van der Waals surface area contributed by atoms with Crippen LogP contribution in [-0.2, 0) is 0 Å². The fourth-order valence-electron chi connectivity index (χ4n) is 2.50. The molecule has 2 heteroatoms. The second-order valence-corrected chi connectivity index (χ2v) is 4.57. The molecule has 1 N–H and O–H groups in total. The molecule has 0 radical (unpaired) electrons. The summed E-state index contributed by atoms with van der Waals surface area (Å²) in [6.45, 7) is 1.06. The van der Waals surface area contributed by atoms with Crippen LogP contribution in [0.3, 0.4) is 0 Å². The summed E-state index contributed by atoms with van der Waals surface area (Å²) in [6, 6.07) is 8.12. The normalized spacial score (nSPS) is 16.3. The van der Waals surface area contributed by atoms with Crippen LogP contribution < -0.4 is 10.1 Å². The van der Waals surface area contributed by atoms with E-state index in [2.05, 4.69) is 11.4 Å². The minimum Gasteiger partial charge on any atom is -0.495 e. The Balaban J connectivity index is 1.79. The van der Waals surface area contributed by atoms with Crippen LogP contribution in [0.2, 0.25) is 0 Å². The Bertz CT molecular complexity index is 318. The fraction of sp³-hybridized carbons (Fsp3) is 0.571. The van der Waals surface area contributed by atoms with Gasteiger partial charge in [-0.25, -0.2) is 0 Å². The zero-order chi connectivity index (χ0) is 11.2. The van der Waals surface area contributed by atoms with Crippen molar-refractivity contribution < 1.29 is 4.74 Å². The Morgan fingerprint density at radius 2 is 2.00 bits per heavy atom. The lowest BCUT2D eigenvalue weighted by Gasteiger charge is -2.13. The summed E-state index contributed by atoms with van der Waals surface area (Å²) in [5.74, 6) is 1.89. The molecule has 2 rings (SSSR count). The minimum atomic E-state index is 0.939. The molecule has 1 fully saturated rings. The molecule has 0 aromatic heterocycles. The molecule has 0 saturated heterocycles. The van der Waals surface area contributed by atoms with E-state index in [0.717, 1.165) is 23.9 Å². The number of para-hydroxylation sites is 2. The van der Waals surface area contributed by atoms with Gasteiger partial charge in [0, 0.05) is 6.54 Å². The maximum absolute atomic E-state index is 5.31. The van der Waals surface area contributed by atoms with E-state index in [-0.39, 0.29) is 0 Å². The van der Waals surface area contributed by atoms with Gasteiger partial charge in [-0.2, -0.15) is 0 Å². The highest BCUT2D eigenvalue weighted by Gasteiger charge is 2.14. The summed E-state index contributed by atoms with van der Waals surface area (Å²) in [4.78, 5) is 0. The van der Waals surface area contributed by atoms with Gasteiger partial charge in [-0.3, -0.25) is 0 Å². The molecule has 0 heterocycles. The zero-order valence-corrected chi connectivity index (χ0v) is 10.0. The number of hydrogen-bond acceptors (Lipinski definition) is 2. The lowest BCUT2D eigenvalue weighted by atomic mass is 10.0. The van der Waals surface area contributed by atoms with Crippen LogP contribution in [0.5, 0.6) is 5.75 Å². The summed E-state index contributed by atoms with van der Waals surface area (Å²) in [5, 5.41) is 3.47. The molecule has 1 aliphatic rings. The average molecular weight is 219 g/mol. The van der Waals surface area contributed by atoms with Crippen molar-refractivity contribution in [1.82, 2.24) is 0 Å². The van der Waals surface area contributed by atoms with Crippen LogP contribution in [0.15, 0.2) is 24.3 Å². The number of ether oxygens (including phenoxy) is 1. The molecule has 0 aliphatic heterocycles. The number of hydrogen-bond donors (Lipinski definition) is 1. The van der Waals surface area contributed by atoms with Gasteiger partial charge in [-0.15, -0.1) is 0 Å². The van der Waals surface area contributed by atoms with Crippen LogP contribution in [-0.4, -0.2) is 13.7 Å². The number of rotatable bonds is 5. The van der Waals surface area contributed by atoms with Gasteiger partial charge in [0.2, 0.25) is 0 Å². The summed E-state index contributed by atoms with van der Waals surface area (Å²) in [6.07, 6.45) is 7.00. The molecule has 1 aromatic carbocycles. The monoisotopic (exact) mass is 219 g/mol. The SMILES string of the molecule is COc1ccccc1NCCC1CCCC1. The standard InChI is InChI=1S/C14H21NO/c1-16-14-9-5-4-8-13(14)15-11-10-12-6-2-3-7-12/h4-5,8-9,12,15H,2-3,6-7,10-11H2,1H3. The zero-order valence-electron chi connectivity index (χ0n) is 10.0. The van der Waals surface area contributed by atoms with Crippen molar-refractivity contribution in [3.05, 3.63) is 24.3 Å². The third kappa shape index (κ3) is 2.91. The second kappa shape index (κ2) is 5.78. The number of benzene rings is 1. The average Bonchev–Trinajstić information content (AvgIpc) is 2.83. The van der Waals surface area contributed by atoms with Crippen molar-refractivity contribution in [2.75, 3.05) is 19.0 Å². The van der Waals surface area contributed by atoms with E-state index in [4.69, 9.17) is 4.74 Å². The highest BCUT2D eigenvalue weighted by atomic mass is 16.5. The lowest BCUT2D eigenvalue weighted by Crippen LogP contribution is -2.07. The highest BCUT2D eigenvalue weighted by molar-refractivity contribution is 5.55. The molecule has 0 amide bonds. The summed E-state index contributed by atoms with van der Waals surface area (Å²) < 4.78 is 5.31. The minimum absolute atomic E-state index is 0.939. The molecule has 0 spiro atoms. The van der Waals surface area contributed by atoms with Gasteiger partial charge in [0.25, 0.3) is 0 Å². The summed E-state index contributed by atoms with van der Waals surface area (Å²) in [5.41, 5.74) is 1.11. The van der Waals surface area contributed by atoms with Crippen LogP contribution in [0.1, 0.15) is 32.1 Å². The van der Waals surface area contributed by atoms with Gasteiger partial charge < -0.3 is 10.1 Å². The molecule has 2 nitrogen and oxygen atoms in total. The fourth-order valence-corrected chi connectivity index (χ4v) is 2.50. The quantitative estimate of drug-likeness (QED) is 0.815. The van der Waals surface area contributed by atoms with Gasteiger partial charge >= 0.3 is 0 Å². The first-order valence-electron chi connectivity index (χ1n) is 6.27. The Kier molecular flexibility index (Phi) is 4.09. The van der Waals surface area contributed by atoms with Crippen molar-refractivity contribution >= 4 is 5.69 Å².